The highest BCUT2D eigenvalue weighted by Gasteiger charge is 2.14. The van der Waals surface area contributed by atoms with Crippen LogP contribution in [0.5, 0.6) is 0 Å². The Balaban J connectivity index is 1.85. The third-order valence-corrected chi connectivity index (χ3v) is 5.69. The van der Waals surface area contributed by atoms with Crippen molar-refractivity contribution < 1.29 is 14.4 Å². The van der Waals surface area contributed by atoms with Crippen LogP contribution in [0.3, 0.4) is 0 Å². The second-order valence-corrected chi connectivity index (χ2v) is 8.72. The number of imidazole rings is 1. The highest BCUT2D eigenvalue weighted by molar-refractivity contribution is 7.99. The van der Waals surface area contributed by atoms with Gasteiger partial charge < -0.3 is 20.5 Å². The van der Waals surface area contributed by atoms with E-state index in [-0.39, 0.29) is 17.7 Å². The summed E-state index contributed by atoms with van der Waals surface area (Å²) in [6, 6.07) is 11.4. The van der Waals surface area contributed by atoms with Crippen molar-refractivity contribution in [1.29, 1.82) is 0 Å². The first kappa shape index (κ1) is 18.7. The van der Waals surface area contributed by atoms with E-state index < -0.39 is 7.60 Å². The molecule has 0 aliphatic rings. The van der Waals surface area contributed by atoms with Crippen molar-refractivity contribution in [2.75, 3.05) is 17.6 Å². The van der Waals surface area contributed by atoms with Crippen LogP contribution in [-0.4, -0.2) is 36.2 Å². The van der Waals surface area contributed by atoms with E-state index in [9.17, 15) is 9.36 Å². The van der Waals surface area contributed by atoms with Gasteiger partial charge in [-0.1, -0.05) is 30.3 Å². The molecule has 1 aromatic carbocycles. The first-order valence-electron chi connectivity index (χ1n) is 7.94. The lowest BCUT2D eigenvalue weighted by molar-refractivity contribution is 0.372. The van der Waals surface area contributed by atoms with Gasteiger partial charge in [0.1, 0.15) is 10.5 Å². The van der Waals surface area contributed by atoms with Crippen molar-refractivity contribution in [1.82, 2.24) is 14.5 Å². The summed E-state index contributed by atoms with van der Waals surface area (Å²) in [7, 11) is -3.99. The van der Waals surface area contributed by atoms with Crippen LogP contribution < -0.4 is 11.4 Å². The molecule has 2 heterocycles. The molecule has 0 aliphatic heterocycles. The number of aromatic amines is 1. The molecule has 8 nitrogen and oxygen atoms in total. The number of nitrogens with two attached hydrogens (primary N) is 1. The van der Waals surface area contributed by atoms with Crippen LogP contribution in [0.4, 0.5) is 5.82 Å². The van der Waals surface area contributed by atoms with Gasteiger partial charge in [0.15, 0.2) is 5.82 Å². The molecule has 0 radical (unpaired) electrons. The van der Waals surface area contributed by atoms with E-state index in [4.69, 9.17) is 15.5 Å². The summed E-state index contributed by atoms with van der Waals surface area (Å²) < 4.78 is 12.5. The zero-order valence-corrected chi connectivity index (χ0v) is 15.5. The molecule has 0 unspecified atom stereocenters. The van der Waals surface area contributed by atoms with E-state index in [1.807, 2.05) is 30.3 Å². The van der Waals surface area contributed by atoms with E-state index in [0.717, 1.165) is 5.56 Å². The first-order valence-corrected chi connectivity index (χ1v) is 10.7. The number of thioether (sulfide) groups is 1. The summed E-state index contributed by atoms with van der Waals surface area (Å²) in [5.41, 5.74) is 7.85. The topological polar surface area (TPSA) is 134 Å². The number of hydrogen-bond acceptors (Lipinski definition) is 5. The molecule has 138 valence electrons. The van der Waals surface area contributed by atoms with Crippen molar-refractivity contribution in [2.24, 2.45) is 0 Å². The lowest BCUT2D eigenvalue weighted by Gasteiger charge is -2.07. The molecule has 26 heavy (non-hydrogen) atoms. The maximum atomic E-state index is 12.3. The van der Waals surface area contributed by atoms with Gasteiger partial charge in [-0.2, -0.15) is 0 Å². The Morgan fingerprint density at radius 3 is 2.69 bits per heavy atom. The van der Waals surface area contributed by atoms with Gasteiger partial charge in [0.05, 0.1) is 18.2 Å². The monoisotopic (exact) mass is 394 g/mol. The predicted molar refractivity (Wildman–Crippen MR) is 103 cm³/mol. The number of H-pyrrole nitrogens is 1. The lowest BCUT2D eigenvalue weighted by Crippen LogP contribution is -2.17. The van der Waals surface area contributed by atoms with Gasteiger partial charge in [0, 0.05) is 5.75 Å². The molecule has 3 aromatic rings. The summed E-state index contributed by atoms with van der Waals surface area (Å²) in [5.74, 6) is 0.722. The molecule has 0 aliphatic carbocycles. The molecule has 3 rings (SSSR count). The van der Waals surface area contributed by atoms with Gasteiger partial charge in [-0.15, -0.1) is 11.8 Å². The van der Waals surface area contributed by atoms with Gasteiger partial charge in [0.25, 0.3) is 0 Å². The van der Waals surface area contributed by atoms with Gasteiger partial charge in [-0.25, -0.2) is 9.78 Å². The van der Waals surface area contributed by atoms with Crippen LogP contribution in [0, 0.1) is 0 Å². The second-order valence-electron chi connectivity index (χ2n) is 5.83. The molecule has 2 aromatic heterocycles. The van der Waals surface area contributed by atoms with Crippen LogP contribution in [0.15, 0.2) is 46.2 Å². The largest absolute Gasteiger partial charge is 0.382 e. The van der Waals surface area contributed by atoms with E-state index in [0.29, 0.717) is 34.8 Å². The van der Waals surface area contributed by atoms with Crippen LogP contribution >= 0.6 is 19.4 Å². The average Bonchev–Trinajstić information content (AvgIpc) is 2.89. The molecule has 0 amide bonds. The van der Waals surface area contributed by atoms with Gasteiger partial charge in [-0.3, -0.25) is 9.13 Å². The summed E-state index contributed by atoms with van der Waals surface area (Å²) in [4.78, 5) is 37.1. The fourth-order valence-corrected chi connectivity index (χ4v) is 4.24. The Hall–Kier alpha value is -2.06. The lowest BCUT2D eigenvalue weighted by atomic mass is 10.2. The standard InChI is InChI=1S/C16H19N4O4PS/c17-15-14-12(9-13(18-15)26-8-4-7-25(22,23)24)20(16(21)19-14)10-11-5-2-1-3-6-11/h1-3,5-6,9H,4,7-8,10H2,(H2,17,18)(H,19,21)(H2,22,23,24). The molecular weight excluding hydrogens is 375 g/mol. The minimum atomic E-state index is -3.99. The minimum Gasteiger partial charge on any atom is -0.382 e. The quantitative estimate of drug-likeness (QED) is 0.274. The smallest absolute Gasteiger partial charge is 0.326 e. The van der Waals surface area contributed by atoms with E-state index in [1.165, 1.54) is 11.8 Å². The minimum absolute atomic E-state index is 0.166. The van der Waals surface area contributed by atoms with Crippen molar-refractivity contribution >= 4 is 36.2 Å². The Bertz CT molecular complexity index is 1010. The number of anilines is 1. The number of benzene rings is 1. The summed E-state index contributed by atoms with van der Waals surface area (Å²) in [5, 5.41) is 0.613. The highest BCUT2D eigenvalue weighted by Crippen LogP contribution is 2.35. The number of fused-ring (bicyclic) bond motifs is 1. The van der Waals surface area contributed by atoms with Gasteiger partial charge >= 0.3 is 13.3 Å². The molecule has 10 heteroatoms. The zero-order valence-electron chi connectivity index (χ0n) is 13.8. The highest BCUT2D eigenvalue weighted by atomic mass is 32.2. The van der Waals surface area contributed by atoms with Gasteiger partial charge in [-0.05, 0) is 18.1 Å². The number of nitrogens with zero attached hydrogens (tertiary/aromatic N) is 2. The number of nitrogens with one attached hydrogen (secondary N) is 1. The number of rotatable bonds is 7. The summed E-state index contributed by atoms with van der Waals surface area (Å²) in [6.07, 6.45) is 0.194. The normalized spacial score (nSPS) is 11.9. The van der Waals surface area contributed by atoms with Crippen molar-refractivity contribution in [3.63, 3.8) is 0 Å². The number of pyridine rings is 1. The predicted octanol–water partition coefficient (Wildman–Crippen LogP) is 2.01. The number of hydrogen-bond donors (Lipinski definition) is 4. The maximum Gasteiger partial charge on any atom is 0.326 e. The van der Waals surface area contributed by atoms with Crippen LogP contribution in [0.25, 0.3) is 11.0 Å². The van der Waals surface area contributed by atoms with Gasteiger partial charge in [0.2, 0.25) is 0 Å². The Morgan fingerprint density at radius 1 is 1.27 bits per heavy atom. The maximum absolute atomic E-state index is 12.3. The Kier molecular flexibility index (Phi) is 5.52. The Labute approximate surface area is 153 Å². The Morgan fingerprint density at radius 2 is 2.00 bits per heavy atom. The zero-order chi connectivity index (χ0) is 18.7. The summed E-state index contributed by atoms with van der Waals surface area (Å²) >= 11 is 1.35. The third kappa shape index (κ3) is 4.56. The van der Waals surface area contributed by atoms with Crippen LogP contribution in [0.2, 0.25) is 0 Å². The SMILES string of the molecule is Nc1nc(SCCCP(=O)(O)O)cc2c1[nH]c(=O)n2Cc1ccccc1. The van der Waals surface area contributed by atoms with Crippen molar-refractivity contribution in [3.05, 3.63) is 52.4 Å². The molecule has 0 atom stereocenters. The second kappa shape index (κ2) is 7.67. The molecule has 0 bridgehead atoms. The molecule has 5 N–H and O–H groups in total. The van der Waals surface area contributed by atoms with Crippen molar-refractivity contribution in [3.8, 4) is 0 Å². The van der Waals surface area contributed by atoms with E-state index >= 15 is 0 Å². The number of nitrogen functional groups attached to an aromatic ring is 1. The molecule has 0 saturated heterocycles. The molecule has 0 spiro atoms. The third-order valence-electron chi connectivity index (χ3n) is 3.80. The van der Waals surface area contributed by atoms with Crippen molar-refractivity contribution in [2.45, 2.75) is 18.0 Å². The van der Waals surface area contributed by atoms with E-state index in [2.05, 4.69) is 9.97 Å². The van der Waals surface area contributed by atoms with Crippen LogP contribution in [-0.2, 0) is 11.1 Å². The number of aromatic nitrogens is 3. The molecular formula is C16H19N4O4PS. The summed E-state index contributed by atoms with van der Waals surface area (Å²) in [6.45, 7) is 0.408. The van der Waals surface area contributed by atoms with Crippen LogP contribution in [0.1, 0.15) is 12.0 Å². The molecule has 0 fully saturated rings. The average molecular weight is 394 g/mol. The fourth-order valence-electron chi connectivity index (χ4n) is 2.60. The van der Waals surface area contributed by atoms with E-state index in [1.54, 1.807) is 10.6 Å². The first-order chi connectivity index (χ1) is 12.3. The molecule has 0 saturated carbocycles. The fraction of sp³-hybridized carbons (Fsp3) is 0.250.